The number of hydrogen-bond acceptors (Lipinski definition) is 2. The van der Waals surface area contributed by atoms with Gasteiger partial charge in [0.1, 0.15) is 0 Å². The molecule has 0 spiro atoms. The van der Waals surface area contributed by atoms with Crippen LogP contribution in [0.2, 0.25) is 5.02 Å². The summed E-state index contributed by atoms with van der Waals surface area (Å²) in [5.74, 6) is 1.49. The molecule has 0 atom stereocenters. The fourth-order valence-electron chi connectivity index (χ4n) is 0.950. The Balaban J connectivity index is 2.67. The number of ether oxygens (including phenoxy) is 2. The van der Waals surface area contributed by atoms with Crippen LogP contribution in [0.25, 0.3) is 0 Å². The van der Waals surface area contributed by atoms with Gasteiger partial charge in [0.2, 0.25) is 6.79 Å². The summed E-state index contributed by atoms with van der Waals surface area (Å²) >= 11 is 11.4. The third-order valence-corrected chi connectivity index (χ3v) is 4.10. The lowest BCUT2D eigenvalue weighted by atomic mass is 10.3. The topological polar surface area (TPSA) is 18.5 Å². The Hall–Kier alpha value is 0.320. The summed E-state index contributed by atoms with van der Waals surface area (Å²) in [5, 5.41) is 0.667. The van der Waals surface area contributed by atoms with Gasteiger partial charge in [0.15, 0.2) is 11.5 Å². The Kier molecular flexibility index (Phi) is 2.39. The molecule has 12 heavy (non-hydrogen) atoms. The Bertz CT molecular complexity index is 343. The standard InChI is InChI=1S/C7H3BrClIO2/c8-3-1-4-7(12-2-11-4)6(10)5(3)9/h1H,2H2. The third kappa shape index (κ3) is 1.29. The molecule has 2 nitrogen and oxygen atoms in total. The maximum Gasteiger partial charge on any atom is 0.231 e. The molecule has 0 N–H and O–H groups in total. The van der Waals surface area contributed by atoms with Gasteiger partial charge in [-0.05, 0) is 44.6 Å². The quantitative estimate of drug-likeness (QED) is 0.521. The van der Waals surface area contributed by atoms with Crippen LogP contribution in [0.15, 0.2) is 10.5 Å². The van der Waals surface area contributed by atoms with Crippen LogP contribution in [-0.2, 0) is 0 Å². The lowest BCUT2D eigenvalue weighted by Gasteiger charge is -2.02. The van der Waals surface area contributed by atoms with Crippen molar-refractivity contribution < 1.29 is 9.47 Å². The molecule has 1 aromatic rings. The van der Waals surface area contributed by atoms with Crippen molar-refractivity contribution in [1.29, 1.82) is 0 Å². The van der Waals surface area contributed by atoms with Crippen molar-refractivity contribution in [3.63, 3.8) is 0 Å². The van der Waals surface area contributed by atoms with E-state index in [9.17, 15) is 0 Å². The number of fused-ring (bicyclic) bond motifs is 1. The van der Waals surface area contributed by atoms with Gasteiger partial charge in [0.05, 0.1) is 8.59 Å². The molecule has 1 aliphatic heterocycles. The summed E-state index contributed by atoms with van der Waals surface area (Å²) in [6, 6.07) is 1.81. The highest BCUT2D eigenvalue weighted by atomic mass is 127. The van der Waals surface area contributed by atoms with Crippen LogP contribution < -0.4 is 9.47 Å². The van der Waals surface area contributed by atoms with Crippen molar-refractivity contribution in [3.05, 3.63) is 19.1 Å². The van der Waals surface area contributed by atoms with Gasteiger partial charge in [0.25, 0.3) is 0 Å². The van der Waals surface area contributed by atoms with Crippen LogP contribution >= 0.6 is 50.1 Å². The highest BCUT2D eigenvalue weighted by molar-refractivity contribution is 14.1. The largest absolute Gasteiger partial charge is 0.454 e. The molecule has 0 saturated heterocycles. The molecule has 1 aliphatic rings. The molecule has 0 radical (unpaired) electrons. The molecule has 1 aromatic carbocycles. The summed E-state index contributed by atoms with van der Waals surface area (Å²) in [6.45, 7) is 0.276. The number of benzene rings is 1. The Labute approximate surface area is 96.5 Å². The van der Waals surface area contributed by atoms with E-state index in [1.54, 1.807) is 0 Å². The Morgan fingerprint density at radius 1 is 1.50 bits per heavy atom. The van der Waals surface area contributed by atoms with Gasteiger partial charge in [0, 0.05) is 4.47 Å². The van der Waals surface area contributed by atoms with Crippen LogP contribution in [0.3, 0.4) is 0 Å². The average molecular weight is 361 g/mol. The molecule has 0 unspecified atom stereocenters. The maximum atomic E-state index is 5.97. The van der Waals surface area contributed by atoms with Crippen LogP contribution in [0, 0.1) is 3.57 Å². The van der Waals surface area contributed by atoms with Gasteiger partial charge in [-0.2, -0.15) is 0 Å². The van der Waals surface area contributed by atoms with Crippen LogP contribution in [0.1, 0.15) is 0 Å². The minimum Gasteiger partial charge on any atom is -0.454 e. The monoisotopic (exact) mass is 360 g/mol. The summed E-state index contributed by atoms with van der Waals surface area (Å²) < 4.78 is 12.1. The molecule has 2 rings (SSSR count). The lowest BCUT2D eigenvalue weighted by Crippen LogP contribution is -1.93. The summed E-state index contributed by atoms with van der Waals surface area (Å²) in [5.41, 5.74) is 0. The first-order chi connectivity index (χ1) is 5.70. The highest BCUT2D eigenvalue weighted by Crippen LogP contribution is 2.43. The highest BCUT2D eigenvalue weighted by Gasteiger charge is 2.20. The van der Waals surface area contributed by atoms with Crippen molar-refractivity contribution in [2.24, 2.45) is 0 Å². The zero-order valence-electron chi connectivity index (χ0n) is 5.73. The van der Waals surface area contributed by atoms with Gasteiger partial charge in [-0.1, -0.05) is 11.6 Å². The second-order valence-corrected chi connectivity index (χ2v) is 4.53. The zero-order valence-corrected chi connectivity index (χ0v) is 10.2. The molecular formula is C7H3BrClIO2. The van der Waals surface area contributed by atoms with Crippen molar-refractivity contribution >= 4 is 50.1 Å². The van der Waals surface area contributed by atoms with E-state index < -0.39 is 0 Å². The van der Waals surface area contributed by atoms with E-state index in [0.717, 1.165) is 19.5 Å². The molecule has 0 aromatic heterocycles. The van der Waals surface area contributed by atoms with E-state index in [0.29, 0.717) is 5.02 Å². The summed E-state index contributed by atoms with van der Waals surface area (Å²) in [6.07, 6.45) is 0. The maximum absolute atomic E-state index is 5.97. The van der Waals surface area contributed by atoms with E-state index in [1.165, 1.54) is 0 Å². The van der Waals surface area contributed by atoms with Crippen molar-refractivity contribution in [2.45, 2.75) is 0 Å². The lowest BCUT2D eigenvalue weighted by molar-refractivity contribution is 0.173. The van der Waals surface area contributed by atoms with E-state index in [-0.39, 0.29) is 6.79 Å². The van der Waals surface area contributed by atoms with E-state index >= 15 is 0 Å². The predicted molar refractivity (Wildman–Crippen MR) is 58.0 cm³/mol. The fraction of sp³-hybridized carbons (Fsp3) is 0.143. The molecule has 0 saturated carbocycles. The van der Waals surface area contributed by atoms with Gasteiger partial charge < -0.3 is 9.47 Å². The third-order valence-electron chi connectivity index (χ3n) is 1.50. The first-order valence-corrected chi connectivity index (χ1v) is 5.38. The first kappa shape index (κ1) is 8.90. The minimum atomic E-state index is 0.276. The minimum absolute atomic E-state index is 0.276. The molecule has 0 fully saturated rings. The SMILES string of the molecule is Clc1c(Br)cc2c(c1I)OCO2. The van der Waals surface area contributed by atoms with E-state index in [1.807, 2.05) is 6.07 Å². The van der Waals surface area contributed by atoms with Gasteiger partial charge in [-0.25, -0.2) is 0 Å². The second kappa shape index (κ2) is 3.23. The number of halogens is 3. The number of rotatable bonds is 0. The number of hydrogen-bond donors (Lipinski definition) is 0. The Morgan fingerprint density at radius 3 is 3.00 bits per heavy atom. The molecule has 0 amide bonds. The van der Waals surface area contributed by atoms with Gasteiger partial charge in [-0.15, -0.1) is 0 Å². The molecule has 0 aliphatic carbocycles. The second-order valence-electron chi connectivity index (χ2n) is 2.22. The Morgan fingerprint density at radius 2 is 2.25 bits per heavy atom. The predicted octanol–water partition coefficient (Wildman–Crippen LogP) is 3.44. The average Bonchev–Trinajstić information content (AvgIpc) is 2.48. The van der Waals surface area contributed by atoms with E-state index in [4.69, 9.17) is 21.1 Å². The van der Waals surface area contributed by atoms with Crippen LogP contribution in [0.4, 0.5) is 0 Å². The molecule has 0 bridgehead atoms. The first-order valence-electron chi connectivity index (χ1n) is 3.13. The normalized spacial score (nSPS) is 13.6. The van der Waals surface area contributed by atoms with Gasteiger partial charge >= 0.3 is 0 Å². The molecule has 64 valence electrons. The molecule has 1 heterocycles. The molecular weight excluding hydrogens is 358 g/mol. The fourth-order valence-corrected chi connectivity index (χ4v) is 2.58. The van der Waals surface area contributed by atoms with Crippen LogP contribution in [-0.4, -0.2) is 6.79 Å². The zero-order chi connectivity index (χ0) is 8.72. The van der Waals surface area contributed by atoms with Gasteiger partial charge in [-0.3, -0.25) is 0 Å². The van der Waals surface area contributed by atoms with Crippen molar-refractivity contribution in [1.82, 2.24) is 0 Å². The van der Waals surface area contributed by atoms with E-state index in [2.05, 4.69) is 38.5 Å². The van der Waals surface area contributed by atoms with Crippen LogP contribution in [0.5, 0.6) is 11.5 Å². The summed E-state index contributed by atoms with van der Waals surface area (Å²) in [7, 11) is 0. The van der Waals surface area contributed by atoms with Crippen molar-refractivity contribution in [3.8, 4) is 11.5 Å². The molecule has 5 heteroatoms. The summed E-state index contributed by atoms with van der Waals surface area (Å²) in [4.78, 5) is 0. The smallest absolute Gasteiger partial charge is 0.231 e. The van der Waals surface area contributed by atoms with Crippen molar-refractivity contribution in [2.75, 3.05) is 6.79 Å².